The molecule has 0 N–H and O–H groups in total. The van der Waals surface area contributed by atoms with Gasteiger partial charge in [-0.15, -0.1) is 0 Å². The van der Waals surface area contributed by atoms with Crippen LogP contribution in [0.2, 0.25) is 0 Å². The third-order valence-corrected chi connectivity index (χ3v) is 2.55. The Kier molecular flexibility index (Phi) is 6.54. The Morgan fingerprint density at radius 2 is 2.07 bits per heavy atom. The lowest BCUT2D eigenvalue weighted by Crippen LogP contribution is -2.40. The molecule has 1 atom stereocenters. The second kappa shape index (κ2) is 6.82. The Labute approximate surface area is 88.1 Å². The maximum Gasteiger partial charge on any atom is 0.219 e. The number of carbonyl (C=O) groups excluding carboxylic acids is 1. The molecule has 1 aliphatic heterocycles. The fourth-order valence-corrected chi connectivity index (χ4v) is 1.90. The van der Waals surface area contributed by atoms with Crippen molar-refractivity contribution in [1.82, 2.24) is 9.80 Å². The van der Waals surface area contributed by atoms with Crippen molar-refractivity contribution in [1.29, 1.82) is 0 Å². The molecule has 0 aromatic carbocycles. The molecule has 0 spiro atoms. The molecule has 0 aromatic heterocycles. The van der Waals surface area contributed by atoms with E-state index in [0.717, 1.165) is 26.1 Å². The molecule has 1 amide bonds. The lowest BCUT2D eigenvalue weighted by molar-refractivity contribution is -0.130. The standard InChI is InChI=1S/C9H18N2O.C2H6/c1-4-11(8(2)12)9-5-6-10(3)7-9;1-2/h9H,4-7H2,1-3H3;1-2H3. The third kappa shape index (κ3) is 3.66. The number of hydrogen-bond acceptors (Lipinski definition) is 2. The van der Waals surface area contributed by atoms with Crippen molar-refractivity contribution in [2.24, 2.45) is 0 Å². The van der Waals surface area contributed by atoms with Crippen molar-refractivity contribution in [3.63, 3.8) is 0 Å². The maximum absolute atomic E-state index is 11.2. The zero-order valence-corrected chi connectivity index (χ0v) is 10.2. The second-order valence-corrected chi connectivity index (χ2v) is 3.51. The minimum atomic E-state index is 0.206. The van der Waals surface area contributed by atoms with Crippen LogP contribution in [0.5, 0.6) is 0 Å². The van der Waals surface area contributed by atoms with Gasteiger partial charge in [-0.1, -0.05) is 13.8 Å². The van der Waals surface area contributed by atoms with Crippen LogP contribution < -0.4 is 0 Å². The van der Waals surface area contributed by atoms with Crippen LogP contribution in [-0.2, 0) is 4.79 Å². The van der Waals surface area contributed by atoms with Gasteiger partial charge >= 0.3 is 0 Å². The Morgan fingerprint density at radius 3 is 2.36 bits per heavy atom. The summed E-state index contributed by atoms with van der Waals surface area (Å²) in [5.74, 6) is 0.206. The van der Waals surface area contributed by atoms with E-state index in [0.29, 0.717) is 6.04 Å². The molecule has 0 bridgehead atoms. The van der Waals surface area contributed by atoms with Gasteiger partial charge in [0.05, 0.1) is 0 Å². The normalized spacial score (nSPS) is 21.4. The summed E-state index contributed by atoms with van der Waals surface area (Å²) in [6.45, 7) is 10.7. The fraction of sp³-hybridized carbons (Fsp3) is 0.909. The maximum atomic E-state index is 11.2. The summed E-state index contributed by atoms with van der Waals surface area (Å²) in [6.07, 6.45) is 1.13. The highest BCUT2D eigenvalue weighted by atomic mass is 16.2. The van der Waals surface area contributed by atoms with E-state index in [4.69, 9.17) is 0 Å². The fourth-order valence-electron chi connectivity index (χ4n) is 1.90. The largest absolute Gasteiger partial charge is 0.339 e. The highest BCUT2D eigenvalue weighted by Crippen LogP contribution is 2.13. The van der Waals surface area contributed by atoms with Crippen LogP contribution in [0.3, 0.4) is 0 Å². The highest BCUT2D eigenvalue weighted by Gasteiger charge is 2.25. The summed E-state index contributed by atoms with van der Waals surface area (Å²) in [7, 11) is 2.11. The first kappa shape index (κ1) is 13.4. The lowest BCUT2D eigenvalue weighted by atomic mass is 10.2. The third-order valence-electron chi connectivity index (χ3n) is 2.55. The average molecular weight is 200 g/mol. The van der Waals surface area contributed by atoms with Crippen molar-refractivity contribution < 1.29 is 4.79 Å². The molecule has 3 nitrogen and oxygen atoms in total. The quantitative estimate of drug-likeness (QED) is 0.676. The van der Waals surface area contributed by atoms with E-state index >= 15 is 0 Å². The molecule has 1 fully saturated rings. The summed E-state index contributed by atoms with van der Waals surface area (Å²) < 4.78 is 0. The molecular formula is C11H24N2O. The second-order valence-electron chi connectivity index (χ2n) is 3.51. The van der Waals surface area contributed by atoms with Crippen LogP contribution in [0, 0.1) is 0 Å². The van der Waals surface area contributed by atoms with Crippen molar-refractivity contribution in [3.8, 4) is 0 Å². The molecule has 0 aromatic rings. The van der Waals surface area contributed by atoms with Crippen LogP contribution in [0.4, 0.5) is 0 Å². The first-order valence-electron chi connectivity index (χ1n) is 5.61. The molecule has 1 heterocycles. The summed E-state index contributed by atoms with van der Waals surface area (Å²) >= 11 is 0. The van der Waals surface area contributed by atoms with Gasteiger partial charge in [0.25, 0.3) is 0 Å². The van der Waals surface area contributed by atoms with Gasteiger partial charge in [0, 0.05) is 26.1 Å². The first-order valence-corrected chi connectivity index (χ1v) is 5.61. The molecule has 1 aliphatic rings. The van der Waals surface area contributed by atoms with Crippen molar-refractivity contribution >= 4 is 5.91 Å². The van der Waals surface area contributed by atoms with Gasteiger partial charge in [-0.2, -0.15) is 0 Å². The van der Waals surface area contributed by atoms with Crippen molar-refractivity contribution in [3.05, 3.63) is 0 Å². The minimum Gasteiger partial charge on any atom is -0.339 e. The monoisotopic (exact) mass is 200 g/mol. The summed E-state index contributed by atoms with van der Waals surface area (Å²) in [6, 6.07) is 0.456. The van der Waals surface area contributed by atoms with Gasteiger partial charge in [-0.3, -0.25) is 4.79 Å². The van der Waals surface area contributed by atoms with Crippen LogP contribution in [0.1, 0.15) is 34.1 Å². The first-order chi connectivity index (χ1) is 6.65. The molecule has 0 radical (unpaired) electrons. The summed E-state index contributed by atoms with van der Waals surface area (Å²) in [4.78, 5) is 15.4. The number of likely N-dealkylation sites (tertiary alicyclic amines) is 1. The molecule has 1 saturated heterocycles. The summed E-state index contributed by atoms with van der Waals surface area (Å²) in [5, 5.41) is 0. The van der Waals surface area contributed by atoms with Gasteiger partial charge in [-0.05, 0) is 26.9 Å². The Bertz CT molecular complexity index is 171. The number of likely N-dealkylation sites (N-methyl/N-ethyl adjacent to an activating group) is 2. The van der Waals surface area contributed by atoms with Gasteiger partial charge in [0.15, 0.2) is 0 Å². The Balaban J connectivity index is 0.000000791. The van der Waals surface area contributed by atoms with Crippen molar-refractivity contribution in [2.45, 2.75) is 40.2 Å². The van der Waals surface area contributed by atoms with E-state index in [-0.39, 0.29) is 5.91 Å². The minimum absolute atomic E-state index is 0.206. The zero-order chi connectivity index (χ0) is 11.1. The van der Waals surface area contributed by atoms with Gasteiger partial charge in [0.1, 0.15) is 0 Å². The molecule has 3 heteroatoms. The number of rotatable bonds is 2. The van der Waals surface area contributed by atoms with Crippen LogP contribution in [0.15, 0.2) is 0 Å². The number of hydrogen-bond donors (Lipinski definition) is 0. The molecular weight excluding hydrogens is 176 g/mol. The van der Waals surface area contributed by atoms with E-state index in [1.54, 1.807) is 6.92 Å². The predicted octanol–water partition coefficient (Wildman–Crippen LogP) is 1.59. The molecule has 0 aliphatic carbocycles. The Hall–Kier alpha value is -0.570. The molecule has 14 heavy (non-hydrogen) atoms. The van der Waals surface area contributed by atoms with Gasteiger partial charge in [-0.25, -0.2) is 0 Å². The van der Waals surface area contributed by atoms with E-state index in [1.807, 2.05) is 25.7 Å². The lowest BCUT2D eigenvalue weighted by Gasteiger charge is -2.26. The van der Waals surface area contributed by atoms with Crippen LogP contribution in [0.25, 0.3) is 0 Å². The van der Waals surface area contributed by atoms with Crippen molar-refractivity contribution in [2.75, 3.05) is 26.7 Å². The molecule has 1 unspecified atom stereocenters. The zero-order valence-electron chi connectivity index (χ0n) is 10.2. The van der Waals surface area contributed by atoms with Gasteiger partial charge < -0.3 is 9.80 Å². The van der Waals surface area contributed by atoms with E-state index < -0.39 is 0 Å². The Morgan fingerprint density at radius 1 is 1.50 bits per heavy atom. The number of nitrogens with zero attached hydrogens (tertiary/aromatic N) is 2. The number of amides is 1. The highest BCUT2D eigenvalue weighted by molar-refractivity contribution is 5.73. The average Bonchev–Trinajstić information content (AvgIpc) is 2.56. The molecule has 84 valence electrons. The topological polar surface area (TPSA) is 23.6 Å². The van der Waals surface area contributed by atoms with E-state index in [9.17, 15) is 4.79 Å². The summed E-state index contributed by atoms with van der Waals surface area (Å²) in [5.41, 5.74) is 0. The SMILES string of the molecule is CC.CCN(C(C)=O)C1CCN(C)C1. The number of carbonyl (C=O) groups is 1. The molecule has 1 rings (SSSR count). The van der Waals surface area contributed by atoms with Gasteiger partial charge in [0.2, 0.25) is 5.91 Å². The van der Waals surface area contributed by atoms with Crippen LogP contribution in [-0.4, -0.2) is 48.4 Å². The predicted molar refractivity (Wildman–Crippen MR) is 60.3 cm³/mol. The van der Waals surface area contributed by atoms with Crippen LogP contribution >= 0.6 is 0 Å². The molecule has 0 saturated carbocycles. The smallest absolute Gasteiger partial charge is 0.219 e. The van der Waals surface area contributed by atoms with E-state index in [2.05, 4.69) is 11.9 Å². The van der Waals surface area contributed by atoms with E-state index in [1.165, 1.54) is 0 Å².